The van der Waals surface area contributed by atoms with Gasteiger partial charge in [0.05, 0.1) is 0 Å². The Morgan fingerprint density at radius 3 is 1.59 bits per heavy atom. The molecule has 4 heteroatoms. The summed E-state index contributed by atoms with van der Waals surface area (Å²) in [5, 5.41) is 22.7. The third-order valence-corrected chi connectivity index (χ3v) is 5.41. The Balaban J connectivity index is 2.39. The molecule has 2 N–H and O–H groups in total. The Kier molecular flexibility index (Phi) is 5.41. The Morgan fingerprint density at radius 1 is 0.667 bits per heavy atom. The molecular formula is C23H22Cl2O2. The molecule has 0 amide bonds. The third-order valence-electron chi connectivity index (χ3n) is 4.84. The molecule has 0 atom stereocenters. The lowest BCUT2D eigenvalue weighted by Gasteiger charge is -2.24. The van der Waals surface area contributed by atoms with Crippen molar-refractivity contribution in [3.63, 3.8) is 0 Å². The standard InChI is InChI=1S/C23H22Cl2O2/c1-12-7-14(3)22(26)18(9-12)21(17-6-5-16(24)11-20(17)25)19-10-13(2)8-15(4)23(19)27/h5-11,21,26-27H,1-4H3. The van der Waals surface area contributed by atoms with Gasteiger partial charge in [0, 0.05) is 27.1 Å². The fourth-order valence-corrected chi connectivity index (χ4v) is 4.18. The van der Waals surface area contributed by atoms with Crippen LogP contribution in [0.5, 0.6) is 11.5 Å². The van der Waals surface area contributed by atoms with Crippen LogP contribution in [0, 0.1) is 27.7 Å². The highest BCUT2D eigenvalue weighted by Crippen LogP contribution is 2.45. The molecule has 0 aliphatic heterocycles. The summed E-state index contributed by atoms with van der Waals surface area (Å²) in [6.07, 6.45) is 0. The molecule has 0 aliphatic rings. The van der Waals surface area contributed by atoms with Gasteiger partial charge >= 0.3 is 0 Å². The summed E-state index contributed by atoms with van der Waals surface area (Å²) >= 11 is 12.6. The van der Waals surface area contributed by atoms with E-state index in [9.17, 15) is 10.2 Å². The molecule has 2 nitrogen and oxygen atoms in total. The minimum absolute atomic E-state index is 0.204. The van der Waals surface area contributed by atoms with Crippen LogP contribution in [0.15, 0.2) is 42.5 Å². The number of aromatic hydroxyl groups is 2. The largest absolute Gasteiger partial charge is 0.507 e. The molecule has 3 rings (SSSR count). The minimum Gasteiger partial charge on any atom is -0.507 e. The van der Waals surface area contributed by atoms with Gasteiger partial charge in [0.1, 0.15) is 11.5 Å². The third kappa shape index (κ3) is 3.78. The van der Waals surface area contributed by atoms with Crippen LogP contribution >= 0.6 is 23.2 Å². The van der Waals surface area contributed by atoms with Crippen molar-refractivity contribution in [2.24, 2.45) is 0 Å². The zero-order valence-electron chi connectivity index (χ0n) is 15.8. The molecule has 0 unspecified atom stereocenters. The Labute approximate surface area is 170 Å². The topological polar surface area (TPSA) is 40.5 Å². The van der Waals surface area contributed by atoms with Crippen LogP contribution < -0.4 is 0 Å². The summed E-state index contributed by atoms with van der Waals surface area (Å²) in [6.45, 7) is 7.71. The highest BCUT2D eigenvalue weighted by molar-refractivity contribution is 6.35. The van der Waals surface area contributed by atoms with E-state index in [2.05, 4.69) is 0 Å². The second-order valence-electron chi connectivity index (χ2n) is 7.14. The predicted molar refractivity (Wildman–Crippen MR) is 113 cm³/mol. The second-order valence-corrected chi connectivity index (χ2v) is 7.98. The number of rotatable bonds is 3. The number of benzene rings is 3. The number of aryl methyl sites for hydroxylation is 4. The number of hydrogen-bond donors (Lipinski definition) is 2. The molecular weight excluding hydrogens is 379 g/mol. The summed E-state index contributed by atoms with van der Waals surface area (Å²) in [6, 6.07) is 13.1. The van der Waals surface area contributed by atoms with Gasteiger partial charge in [-0.15, -0.1) is 0 Å². The lowest BCUT2D eigenvalue weighted by atomic mass is 9.81. The van der Waals surface area contributed by atoms with E-state index in [1.165, 1.54) is 0 Å². The molecule has 0 bridgehead atoms. The number of phenolic OH excluding ortho intramolecular Hbond substituents is 2. The van der Waals surface area contributed by atoms with E-state index >= 15 is 0 Å². The van der Waals surface area contributed by atoms with E-state index in [1.54, 1.807) is 12.1 Å². The highest BCUT2D eigenvalue weighted by atomic mass is 35.5. The van der Waals surface area contributed by atoms with Gasteiger partial charge in [0.15, 0.2) is 0 Å². The van der Waals surface area contributed by atoms with Gasteiger partial charge in [-0.3, -0.25) is 0 Å². The van der Waals surface area contributed by atoms with Gasteiger partial charge in [-0.05, 0) is 56.5 Å². The maximum Gasteiger partial charge on any atom is 0.122 e. The van der Waals surface area contributed by atoms with Crippen LogP contribution in [-0.2, 0) is 0 Å². The fourth-order valence-electron chi connectivity index (χ4n) is 3.66. The van der Waals surface area contributed by atoms with Crippen LogP contribution in [0.4, 0.5) is 0 Å². The normalized spacial score (nSPS) is 11.2. The van der Waals surface area contributed by atoms with E-state index in [4.69, 9.17) is 23.2 Å². The van der Waals surface area contributed by atoms with Crippen LogP contribution in [0.25, 0.3) is 0 Å². The Hall–Kier alpha value is -2.16. The van der Waals surface area contributed by atoms with E-state index in [0.717, 1.165) is 27.8 Å². The van der Waals surface area contributed by atoms with Gasteiger partial charge in [0.2, 0.25) is 0 Å². The van der Waals surface area contributed by atoms with E-state index < -0.39 is 5.92 Å². The molecule has 0 aromatic heterocycles. The number of hydrogen-bond acceptors (Lipinski definition) is 2. The summed E-state index contributed by atoms with van der Waals surface area (Å²) in [5.74, 6) is -0.0164. The first kappa shape index (κ1) is 19.6. The van der Waals surface area contributed by atoms with E-state index in [1.807, 2.05) is 58.0 Å². The average molecular weight is 401 g/mol. The lowest BCUT2D eigenvalue weighted by molar-refractivity contribution is 0.454. The van der Waals surface area contributed by atoms with Crippen molar-refractivity contribution in [2.45, 2.75) is 33.6 Å². The quantitative estimate of drug-likeness (QED) is 0.473. The molecule has 0 radical (unpaired) electrons. The van der Waals surface area contributed by atoms with Gasteiger partial charge in [-0.25, -0.2) is 0 Å². The zero-order chi connectivity index (χ0) is 19.9. The van der Waals surface area contributed by atoms with Gasteiger partial charge in [-0.2, -0.15) is 0 Å². The highest BCUT2D eigenvalue weighted by Gasteiger charge is 2.27. The smallest absolute Gasteiger partial charge is 0.122 e. The van der Waals surface area contributed by atoms with Gasteiger partial charge in [-0.1, -0.05) is 64.7 Å². The Bertz CT molecular complexity index is 968. The molecule has 0 fully saturated rings. The first-order valence-corrected chi connectivity index (χ1v) is 9.49. The maximum absolute atomic E-state index is 10.8. The number of phenols is 2. The predicted octanol–water partition coefficient (Wildman–Crippen LogP) is 6.82. The summed E-state index contributed by atoms with van der Waals surface area (Å²) in [7, 11) is 0. The molecule has 27 heavy (non-hydrogen) atoms. The summed E-state index contributed by atoms with van der Waals surface area (Å²) in [5.41, 5.74) is 5.81. The molecule has 0 saturated heterocycles. The average Bonchev–Trinajstić information content (AvgIpc) is 2.58. The van der Waals surface area contributed by atoms with Crippen molar-refractivity contribution in [2.75, 3.05) is 0 Å². The first-order valence-electron chi connectivity index (χ1n) is 8.74. The minimum atomic E-state index is -0.424. The molecule has 0 saturated carbocycles. The second kappa shape index (κ2) is 7.46. The molecule has 3 aromatic carbocycles. The maximum atomic E-state index is 10.8. The van der Waals surface area contributed by atoms with Crippen molar-refractivity contribution in [1.29, 1.82) is 0 Å². The van der Waals surface area contributed by atoms with Crippen molar-refractivity contribution < 1.29 is 10.2 Å². The zero-order valence-corrected chi connectivity index (χ0v) is 17.3. The van der Waals surface area contributed by atoms with Gasteiger partial charge < -0.3 is 10.2 Å². The lowest BCUT2D eigenvalue weighted by Crippen LogP contribution is -2.07. The van der Waals surface area contributed by atoms with Crippen molar-refractivity contribution >= 4 is 23.2 Å². The molecule has 0 heterocycles. The van der Waals surface area contributed by atoms with Gasteiger partial charge in [0.25, 0.3) is 0 Å². The molecule has 140 valence electrons. The molecule has 3 aromatic rings. The van der Waals surface area contributed by atoms with Crippen LogP contribution in [0.2, 0.25) is 10.0 Å². The monoisotopic (exact) mass is 400 g/mol. The molecule has 0 aliphatic carbocycles. The number of halogens is 2. The fraction of sp³-hybridized carbons (Fsp3) is 0.217. The first-order chi connectivity index (χ1) is 12.7. The summed E-state index contributed by atoms with van der Waals surface area (Å²) in [4.78, 5) is 0. The molecule has 0 spiro atoms. The van der Waals surface area contributed by atoms with E-state index in [0.29, 0.717) is 21.2 Å². The van der Waals surface area contributed by atoms with Crippen LogP contribution in [0.1, 0.15) is 44.9 Å². The van der Waals surface area contributed by atoms with Crippen molar-refractivity contribution in [3.8, 4) is 11.5 Å². The van der Waals surface area contributed by atoms with Crippen LogP contribution in [-0.4, -0.2) is 10.2 Å². The summed E-state index contributed by atoms with van der Waals surface area (Å²) < 4.78 is 0. The van der Waals surface area contributed by atoms with Crippen molar-refractivity contribution in [3.05, 3.63) is 91.5 Å². The van der Waals surface area contributed by atoms with E-state index in [-0.39, 0.29) is 11.5 Å². The Morgan fingerprint density at radius 2 is 1.15 bits per heavy atom. The van der Waals surface area contributed by atoms with Crippen LogP contribution in [0.3, 0.4) is 0 Å². The SMILES string of the molecule is Cc1cc(C)c(O)c(C(c2ccc(Cl)cc2Cl)c2cc(C)cc(C)c2O)c1. The van der Waals surface area contributed by atoms with Crippen molar-refractivity contribution in [1.82, 2.24) is 0 Å².